The molecule has 2 aliphatic rings. The Morgan fingerprint density at radius 1 is 1.28 bits per heavy atom. The van der Waals surface area contributed by atoms with Gasteiger partial charge in [0.15, 0.2) is 0 Å². The number of hydrogen-bond donors (Lipinski definition) is 0. The van der Waals surface area contributed by atoms with Gasteiger partial charge >= 0.3 is 0 Å². The third-order valence-electron chi connectivity index (χ3n) is 4.24. The number of likely N-dealkylation sites (tertiary alicyclic amines) is 1. The van der Waals surface area contributed by atoms with Crippen LogP contribution in [0.15, 0.2) is 0 Å². The second-order valence-electron chi connectivity index (χ2n) is 5.60. The Morgan fingerprint density at radius 3 is 2.50 bits per heavy atom. The molecule has 0 atom stereocenters. The standard InChI is InChI=1S/C14H24ClNO2/c1-2-18-13-7-12(8-13)9-14(17)16-5-3-11(10-15)4-6-16/h11-13H,2-10H2,1H3. The quantitative estimate of drug-likeness (QED) is 0.721. The summed E-state index contributed by atoms with van der Waals surface area (Å²) in [6, 6.07) is 0. The topological polar surface area (TPSA) is 29.5 Å². The van der Waals surface area contributed by atoms with Crippen molar-refractivity contribution in [3.05, 3.63) is 0 Å². The smallest absolute Gasteiger partial charge is 0.222 e. The summed E-state index contributed by atoms with van der Waals surface area (Å²) in [7, 11) is 0. The molecule has 3 nitrogen and oxygen atoms in total. The maximum Gasteiger partial charge on any atom is 0.222 e. The number of rotatable bonds is 5. The minimum absolute atomic E-state index is 0.336. The number of hydrogen-bond acceptors (Lipinski definition) is 2. The van der Waals surface area contributed by atoms with Crippen LogP contribution >= 0.6 is 11.6 Å². The second-order valence-corrected chi connectivity index (χ2v) is 5.91. The van der Waals surface area contributed by atoms with Crippen LogP contribution in [0.4, 0.5) is 0 Å². The van der Waals surface area contributed by atoms with Crippen molar-refractivity contribution in [1.82, 2.24) is 4.90 Å². The molecule has 0 bridgehead atoms. The zero-order valence-electron chi connectivity index (χ0n) is 11.2. The van der Waals surface area contributed by atoms with Crippen molar-refractivity contribution in [2.24, 2.45) is 11.8 Å². The Balaban J connectivity index is 1.64. The molecule has 2 fully saturated rings. The van der Waals surface area contributed by atoms with Crippen LogP contribution in [-0.2, 0) is 9.53 Å². The Hall–Kier alpha value is -0.280. The van der Waals surface area contributed by atoms with Crippen LogP contribution in [0, 0.1) is 11.8 Å². The monoisotopic (exact) mass is 273 g/mol. The lowest BCUT2D eigenvalue weighted by molar-refractivity contribution is -0.135. The molecule has 2 rings (SSSR count). The van der Waals surface area contributed by atoms with E-state index in [2.05, 4.69) is 0 Å². The van der Waals surface area contributed by atoms with Gasteiger partial charge in [0.05, 0.1) is 6.10 Å². The molecule has 104 valence electrons. The van der Waals surface area contributed by atoms with E-state index < -0.39 is 0 Å². The highest BCUT2D eigenvalue weighted by molar-refractivity contribution is 6.18. The molecule has 1 saturated carbocycles. The SMILES string of the molecule is CCOC1CC(CC(=O)N2CCC(CCl)CC2)C1. The Bertz CT molecular complexity index is 271. The molecule has 18 heavy (non-hydrogen) atoms. The lowest BCUT2D eigenvalue weighted by atomic mass is 9.79. The van der Waals surface area contributed by atoms with Crippen molar-refractivity contribution in [2.75, 3.05) is 25.6 Å². The molecule has 4 heteroatoms. The van der Waals surface area contributed by atoms with E-state index in [1.54, 1.807) is 0 Å². The van der Waals surface area contributed by atoms with Crippen LogP contribution in [-0.4, -0.2) is 42.5 Å². The average molecular weight is 274 g/mol. The van der Waals surface area contributed by atoms with E-state index in [0.29, 0.717) is 23.8 Å². The van der Waals surface area contributed by atoms with Crippen LogP contribution in [0.3, 0.4) is 0 Å². The van der Waals surface area contributed by atoms with Crippen molar-refractivity contribution >= 4 is 17.5 Å². The van der Waals surface area contributed by atoms with Gasteiger partial charge in [-0.25, -0.2) is 0 Å². The van der Waals surface area contributed by atoms with Crippen molar-refractivity contribution < 1.29 is 9.53 Å². The minimum atomic E-state index is 0.336. The zero-order valence-corrected chi connectivity index (χ0v) is 12.0. The molecule has 1 aliphatic heterocycles. The second kappa shape index (κ2) is 6.76. The van der Waals surface area contributed by atoms with Gasteiger partial charge in [0.1, 0.15) is 0 Å². The first-order valence-corrected chi connectivity index (χ1v) is 7.71. The highest BCUT2D eigenvalue weighted by Gasteiger charge is 2.33. The third-order valence-corrected chi connectivity index (χ3v) is 4.68. The summed E-state index contributed by atoms with van der Waals surface area (Å²) in [5.41, 5.74) is 0. The number of ether oxygens (including phenoxy) is 1. The molecule has 1 saturated heterocycles. The summed E-state index contributed by atoms with van der Waals surface area (Å²) < 4.78 is 5.52. The van der Waals surface area contributed by atoms with Crippen LogP contribution in [0.25, 0.3) is 0 Å². The van der Waals surface area contributed by atoms with E-state index in [1.807, 2.05) is 11.8 Å². The summed E-state index contributed by atoms with van der Waals surface area (Å²) >= 11 is 5.85. The molecule has 0 aromatic carbocycles. The molecule has 0 radical (unpaired) electrons. The molecule has 0 spiro atoms. The van der Waals surface area contributed by atoms with Gasteiger partial charge in [0, 0.05) is 32.0 Å². The van der Waals surface area contributed by atoms with E-state index in [0.717, 1.165) is 57.7 Å². The molecule has 1 aliphatic carbocycles. The molecule has 0 aromatic heterocycles. The van der Waals surface area contributed by atoms with E-state index >= 15 is 0 Å². The van der Waals surface area contributed by atoms with Crippen molar-refractivity contribution in [3.63, 3.8) is 0 Å². The van der Waals surface area contributed by atoms with Gasteiger partial charge in [0.2, 0.25) is 5.91 Å². The van der Waals surface area contributed by atoms with Gasteiger partial charge in [-0.2, -0.15) is 0 Å². The predicted molar refractivity (Wildman–Crippen MR) is 72.8 cm³/mol. The molecule has 1 heterocycles. The number of amides is 1. The summed E-state index contributed by atoms with van der Waals surface area (Å²) in [5.74, 6) is 2.24. The molecular formula is C14H24ClNO2. The van der Waals surface area contributed by atoms with Crippen molar-refractivity contribution in [2.45, 2.75) is 45.1 Å². The van der Waals surface area contributed by atoms with Crippen LogP contribution in [0.5, 0.6) is 0 Å². The van der Waals surface area contributed by atoms with Crippen molar-refractivity contribution in [3.8, 4) is 0 Å². The van der Waals surface area contributed by atoms with E-state index in [-0.39, 0.29) is 0 Å². The van der Waals surface area contributed by atoms with Crippen LogP contribution < -0.4 is 0 Å². The maximum atomic E-state index is 12.1. The van der Waals surface area contributed by atoms with Crippen LogP contribution in [0.2, 0.25) is 0 Å². The van der Waals surface area contributed by atoms with Gasteiger partial charge in [-0.15, -0.1) is 11.6 Å². The first kappa shape index (κ1) is 14.1. The number of nitrogens with zero attached hydrogens (tertiary/aromatic N) is 1. The van der Waals surface area contributed by atoms with Crippen molar-refractivity contribution in [1.29, 1.82) is 0 Å². The number of carbonyl (C=O) groups is 1. The van der Waals surface area contributed by atoms with Gasteiger partial charge in [-0.05, 0) is 44.4 Å². The Labute approximate surface area is 115 Å². The van der Waals surface area contributed by atoms with Crippen LogP contribution in [0.1, 0.15) is 39.0 Å². The first-order valence-electron chi connectivity index (χ1n) is 7.18. The number of alkyl halides is 1. The van der Waals surface area contributed by atoms with E-state index in [4.69, 9.17) is 16.3 Å². The molecule has 0 unspecified atom stereocenters. The lowest BCUT2D eigenvalue weighted by Crippen LogP contribution is -2.41. The molecule has 0 N–H and O–H groups in total. The predicted octanol–water partition coefficient (Wildman–Crippen LogP) is 2.67. The molecule has 0 aromatic rings. The van der Waals surface area contributed by atoms with Gasteiger partial charge in [-0.1, -0.05) is 0 Å². The summed E-state index contributed by atoms with van der Waals surface area (Å²) in [4.78, 5) is 14.1. The van der Waals surface area contributed by atoms with E-state index in [1.165, 1.54) is 0 Å². The average Bonchev–Trinajstić information content (AvgIpc) is 2.36. The fraction of sp³-hybridized carbons (Fsp3) is 0.929. The third kappa shape index (κ3) is 3.61. The Kier molecular flexibility index (Phi) is 5.31. The fourth-order valence-electron chi connectivity index (χ4n) is 2.93. The lowest BCUT2D eigenvalue weighted by Gasteiger charge is -2.37. The number of carbonyl (C=O) groups excluding carboxylic acids is 1. The van der Waals surface area contributed by atoms with Gasteiger partial charge < -0.3 is 9.64 Å². The number of halogens is 1. The minimum Gasteiger partial charge on any atom is -0.378 e. The van der Waals surface area contributed by atoms with Gasteiger partial charge in [-0.3, -0.25) is 4.79 Å². The largest absolute Gasteiger partial charge is 0.378 e. The molecular weight excluding hydrogens is 250 g/mol. The summed E-state index contributed by atoms with van der Waals surface area (Å²) in [5, 5.41) is 0. The number of piperidine rings is 1. The highest BCUT2D eigenvalue weighted by Crippen LogP contribution is 2.33. The maximum absolute atomic E-state index is 12.1. The summed E-state index contributed by atoms with van der Waals surface area (Å²) in [6.45, 7) is 4.62. The van der Waals surface area contributed by atoms with Gasteiger partial charge in [0.25, 0.3) is 0 Å². The molecule has 1 amide bonds. The highest BCUT2D eigenvalue weighted by atomic mass is 35.5. The van der Waals surface area contributed by atoms with E-state index in [9.17, 15) is 4.79 Å². The summed E-state index contributed by atoms with van der Waals surface area (Å²) in [6.07, 6.45) is 5.41. The zero-order chi connectivity index (χ0) is 13.0. The Morgan fingerprint density at radius 2 is 1.94 bits per heavy atom. The normalized spacial score (nSPS) is 29.1. The first-order chi connectivity index (χ1) is 8.72. The fourth-order valence-corrected chi connectivity index (χ4v) is 3.23.